The van der Waals surface area contributed by atoms with Gasteiger partial charge in [-0.15, -0.1) is 11.6 Å². The van der Waals surface area contributed by atoms with Crippen molar-refractivity contribution in [2.75, 3.05) is 5.88 Å². The number of alkyl halides is 1. The zero-order chi connectivity index (χ0) is 10.6. The van der Waals surface area contributed by atoms with Gasteiger partial charge < -0.3 is 5.32 Å². The van der Waals surface area contributed by atoms with Crippen LogP contribution in [-0.2, 0) is 7.05 Å². The van der Waals surface area contributed by atoms with E-state index < -0.39 is 0 Å². The first kappa shape index (κ1) is 11.0. The number of carbonyl (C=O) groups excluding carboxylic acids is 1. The molecule has 0 saturated carbocycles. The summed E-state index contributed by atoms with van der Waals surface area (Å²) in [5, 5.41) is 6.79. The predicted octanol–water partition coefficient (Wildman–Crippen LogP) is 1.17. The Labute approximate surface area is 88.2 Å². The van der Waals surface area contributed by atoms with E-state index in [4.69, 9.17) is 11.6 Å². The van der Waals surface area contributed by atoms with Crippen molar-refractivity contribution in [3.63, 3.8) is 0 Å². The van der Waals surface area contributed by atoms with E-state index in [2.05, 4.69) is 10.4 Å². The molecule has 4 nitrogen and oxygen atoms in total. The van der Waals surface area contributed by atoms with Crippen LogP contribution in [0.2, 0.25) is 0 Å². The molecule has 1 aromatic heterocycles. The summed E-state index contributed by atoms with van der Waals surface area (Å²) in [6.07, 6.45) is 2.55. The third-order valence-corrected chi connectivity index (χ3v) is 2.33. The van der Waals surface area contributed by atoms with E-state index in [1.165, 1.54) is 0 Å². The van der Waals surface area contributed by atoms with Crippen LogP contribution in [0.25, 0.3) is 0 Å². The second kappa shape index (κ2) is 5.00. The van der Waals surface area contributed by atoms with Gasteiger partial charge in [-0.3, -0.25) is 9.48 Å². The van der Waals surface area contributed by atoms with Crippen LogP contribution in [0.5, 0.6) is 0 Å². The van der Waals surface area contributed by atoms with Crippen molar-refractivity contribution in [2.45, 2.75) is 19.4 Å². The molecule has 1 rings (SSSR count). The van der Waals surface area contributed by atoms with E-state index in [0.29, 0.717) is 11.6 Å². The summed E-state index contributed by atoms with van der Waals surface area (Å²) in [4.78, 5) is 11.5. The summed E-state index contributed by atoms with van der Waals surface area (Å²) >= 11 is 5.66. The number of hydrogen-bond acceptors (Lipinski definition) is 2. The van der Waals surface area contributed by atoms with Gasteiger partial charge in [-0.2, -0.15) is 5.10 Å². The SMILES string of the molecule is CCC(CCl)NC(=O)c1ccn(C)n1. The fraction of sp³-hybridized carbons (Fsp3) is 0.556. The second-order valence-corrected chi connectivity index (χ2v) is 3.42. The Morgan fingerprint density at radius 2 is 2.50 bits per heavy atom. The van der Waals surface area contributed by atoms with Gasteiger partial charge in [0.05, 0.1) is 0 Å². The lowest BCUT2D eigenvalue weighted by molar-refractivity contribution is 0.0934. The molecule has 1 unspecified atom stereocenters. The number of carbonyl (C=O) groups is 1. The van der Waals surface area contributed by atoms with Crippen molar-refractivity contribution in [1.82, 2.24) is 15.1 Å². The largest absolute Gasteiger partial charge is 0.347 e. The highest BCUT2D eigenvalue weighted by Gasteiger charge is 2.12. The molecule has 14 heavy (non-hydrogen) atoms. The minimum absolute atomic E-state index is 0.0196. The molecule has 0 saturated heterocycles. The quantitative estimate of drug-likeness (QED) is 0.767. The number of amides is 1. The Morgan fingerprint density at radius 3 is 2.93 bits per heavy atom. The second-order valence-electron chi connectivity index (χ2n) is 3.11. The van der Waals surface area contributed by atoms with Crippen molar-refractivity contribution in [3.8, 4) is 0 Å². The van der Waals surface area contributed by atoms with Gasteiger partial charge in [-0.25, -0.2) is 0 Å². The predicted molar refractivity (Wildman–Crippen MR) is 55.5 cm³/mol. The van der Waals surface area contributed by atoms with Crippen LogP contribution in [0.4, 0.5) is 0 Å². The standard InChI is InChI=1S/C9H14ClN3O/c1-3-7(6-10)11-9(14)8-4-5-13(2)12-8/h4-5,7H,3,6H2,1-2H3,(H,11,14). The molecule has 1 N–H and O–H groups in total. The van der Waals surface area contributed by atoms with Crippen molar-refractivity contribution in [3.05, 3.63) is 18.0 Å². The van der Waals surface area contributed by atoms with E-state index in [1.54, 1.807) is 24.0 Å². The molecular weight excluding hydrogens is 202 g/mol. The highest BCUT2D eigenvalue weighted by molar-refractivity contribution is 6.18. The molecule has 0 aliphatic rings. The normalized spacial score (nSPS) is 12.5. The van der Waals surface area contributed by atoms with Crippen LogP contribution in [0.3, 0.4) is 0 Å². The first-order chi connectivity index (χ1) is 6.67. The van der Waals surface area contributed by atoms with Crippen molar-refractivity contribution in [2.24, 2.45) is 7.05 Å². The van der Waals surface area contributed by atoms with Gasteiger partial charge in [-0.1, -0.05) is 6.92 Å². The van der Waals surface area contributed by atoms with E-state index >= 15 is 0 Å². The maximum atomic E-state index is 11.5. The fourth-order valence-electron chi connectivity index (χ4n) is 1.05. The molecular formula is C9H14ClN3O. The number of nitrogens with one attached hydrogen (secondary N) is 1. The average Bonchev–Trinajstić information content (AvgIpc) is 2.61. The molecule has 0 aromatic carbocycles. The van der Waals surface area contributed by atoms with E-state index in [0.717, 1.165) is 6.42 Å². The van der Waals surface area contributed by atoms with Gasteiger partial charge in [0, 0.05) is 25.2 Å². The molecule has 1 atom stereocenters. The highest BCUT2D eigenvalue weighted by Crippen LogP contribution is 1.98. The third-order valence-electron chi connectivity index (χ3n) is 1.96. The average molecular weight is 216 g/mol. The van der Waals surface area contributed by atoms with Crippen LogP contribution in [-0.4, -0.2) is 27.6 Å². The fourth-order valence-corrected chi connectivity index (χ4v) is 1.34. The maximum Gasteiger partial charge on any atom is 0.272 e. The van der Waals surface area contributed by atoms with Crippen LogP contribution in [0.1, 0.15) is 23.8 Å². The molecule has 1 heterocycles. The highest BCUT2D eigenvalue weighted by atomic mass is 35.5. The molecule has 1 aromatic rings. The van der Waals surface area contributed by atoms with E-state index in [1.807, 2.05) is 6.92 Å². The summed E-state index contributed by atoms with van der Waals surface area (Å²) in [6, 6.07) is 1.70. The van der Waals surface area contributed by atoms with Gasteiger partial charge in [0.25, 0.3) is 5.91 Å². The minimum Gasteiger partial charge on any atom is -0.347 e. The van der Waals surface area contributed by atoms with Crippen LogP contribution in [0.15, 0.2) is 12.3 Å². The monoisotopic (exact) mass is 215 g/mol. The number of hydrogen-bond donors (Lipinski definition) is 1. The van der Waals surface area contributed by atoms with Crippen LogP contribution >= 0.6 is 11.6 Å². The Morgan fingerprint density at radius 1 is 1.79 bits per heavy atom. The summed E-state index contributed by atoms with van der Waals surface area (Å²) in [7, 11) is 1.77. The molecule has 5 heteroatoms. The molecule has 0 aliphatic heterocycles. The first-order valence-corrected chi connectivity index (χ1v) is 5.07. The number of nitrogens with zero attached hydrogens (tertiary/aromatic N) is 2. The van der Waals surface area contributed by atoms with Gasteiger partial charge in [-0.05, 0) is 12.5 Å². The smallest absolute Gasteiger partial charge is 0.272 e. The lowest BCUT2D eigenvalue weighted by Crippen LogP contribution is -2.35. The lowest BCUT2D eigenvalue weighted by Gasteiger charge is -2.11. The molecule has 0 aliphatic carbocycles. The topological polar surface area (TPSA) is 46.9 Å². The maximum absolute atomic E-state index is 11.5. The lowest BCUT2D eigenvalue weighted by atomic mass is 10.2. The summed E-state index contributed by atoms with van der Waals surface area (Å²) in [5.41, 5.74) is 0.427. The van der Waals surface area contributed by atoms with Gasteiger partial charge in [0.1, 0.15) is 5.69 Å². The zero-order valence-electron chi connectivity index (χ0n) is 8.33. The molecule has 0 fully saturated rings. The molecule has 0 spiro atoms. The molecule has 0 bridgehead atoms. The number of aryl methyl sites for hydroxylation is 1. The Bertz CT molecular complexity index is 307. The van der Waals surface area contributed by atoms with Crippen molar-refractivity contribution in [1.29, 1.82) is 0 Å². The van der Waals surface area contributed by atoms with Crippen molar-refractivity contribution < 1.29 is 4.79 Å². The Kier molecular flexibility index (Phi) is 3.95. The number of aromatic nitrogens is 2. The van der Waals surface area contributed by atoms with E-state index in [-0.39, 0.29) is 11.9 Å². The van der Waals surface area contributed by atoms with Crippen molar-refractivity contribution >= 4 is 17.5 Å². The summed E-state index contributed by atoms with van der Waals surface area (Å²) in [6.45, 7) is 1.98. The van der Waals surface area contributed by atoms with Gasteiger partial charge in [0.2, 0.25) is 0 Å². The first-order valence-electron chi connectivity index (χ1n) is 4.53. The third kappa shape index (κ3) is 2.73. The van der Waals surface area contributed by atoms with Crippen LogP contribution < -0.4 is 5.32 Å². The molecule has 1 amide bonds. The Hall–Kier alpha value is -1.03. The van der Waals surface area contributed by atoms with Crippen LogP contribution in [0, 0.1) is 0 Å². The Balaban J connectivity index is 2.58. The van der Waals surface area contributed by atoms with E-state index in [9.17, 15) is 4.79 Å². The number of rotatable bonds is 4. The summed E-state index contributed by atoms with van der Waals surface area (Å²) in [5.74, 6) is 0.257. The van der Waals surface area contributed by atoms with Gasteiger partial charge in [0.15, 0.2) is 0 Å². The zero-order valence-corrected chi connectivity index (χ0v) is 9.08. The van der Waals surface area contributed by atoms with Gasteiger partial charge >= 0.3 is 0 Å². The minimum atomic E-state index is -0.168. The molecule has 0 radical (unpaired) electrons. The summed E-state index contributed by atoms with van der Waals surface area (Å²) < 4.78 is 1.59. The molecule has 78 valence electrons. The number of halogens is 1.